The van der Waals surface area contributed by atoms with E-state index in [9.17, 15) is 15.2 Å². The van der Waals surface area contributed by atoms with Gasteiger partial charge in [0.05, 0.1) is 12.0 Å². The molecule has 0 unspecified atom stereocenters. The van der Waals surface area contributed by atoms with Gasteiger partial charge in [0.1, 0.15) is 17.4 Å². The maximum absolute atomic E-state index is 11.4. The third-order valence-electron chi connectivity index (χ3n) is 7.53. The summed E-state index contributed by atoms with van der Waals surface area (Å²) in [6, 6.07) is 12.7. The molecular weight excluding hydrogens is 388 g/mol. The SMILES string of the molecule is CC1CCC(Oc2ccc3ccc(CN[C@H]4C[C@@H](C(=O)O)C4(C)C)cc3c2C#N)CC1. The lowest BCUT2D eigenvalue weighted by atomic mass is 9.58. The molecule has 0 saturated heterocycles. The highest BCUT2D eigenvalue weighted by Crippen LogP contribution is 2.46. The van der Waals surface area contributed by atoms with Gasteiger partial charge in [-0.15, -0.1) is 0 Å². The summed E-state index contributed by atoms with van der Waals surface area (Å²) in [5.41, 5.74) is 1.43. The number of fused-ring (bicyclic) bond motifs is 1. The van der Waals surface area contributed by atoms with Crippen molar-refractivity contribution in [3.63, 3.8) is 0 Å². The van der Waals surface area contributed by atoms with Gasteiger partial charge in [-0.05, 0) is 66.5 Å². The van der Waals surface area contributed by atoms with Gasteiger partial charge in [-0.2, -0.15) is 5.26 Å². The molecule has 2 aromatic carbocycles. The molecule has 0 aliphatic heterocycles. The molecule has 2 atom stereocenters. The number of carbonyl (C=O) groups is 1. The summed E-state index contributed by atoms with van der Waals surface area (Å²) in [6.45, 7) is 6.95. The van der Waals surface area contributed by atoms with Crippen molar-refractivity contribution in [1.82, 2.24) is 5.32 Å². The minimum Gasteiger partial charge on any atom is -0.489 e. The van der Waals surface area contributed by atoms with Crippen LogP contribution in [0, 0.1) is 28.6 Å². The monoisotopic (exact) mass is 420 g/mol. The number of nitrogens with one attached hydrogen (secondary N) is 1. The van der Waals surface area contributed by atoms with Crippen molar-refractivity contribution in [2.45, 2.75) is 71.6 Å². The molecule has 2 aliphatic rings. The Morgan fingerprint density at radius 3 is 2.58 bits per heavy atom. The predicted octanol–water partition coefficient (Wildman–Crippen LogP) is 5.26. The van der Waals surface area contributed by atoms with Crippen LogP contribution in [0.5, 0.6) is 5.75 Å². The lowest BCUT2D eigenvalue weighted by Gasteiger charge is -2.50. The Kier molecular flexibility index (Phi) is 5.94. The number of aliphatic carboxylic acids is 1. The van der Waals surface area contributed by atoms with Crippen molar-refractivity contribution < 1.29 is 14.6 Å². The molecule has 5 nitrogen and oxygen atoms in total. The molecule has 2 saturated carbocycles. The van der Waals surface area contributed by atoms with Crippen molar-refractivity contribution in [3.05, 3.63) is 41.5 Å². The highest BCUT2D eigenvalue weighted by Gasteiger charge is 2.51. The van der Waals surface area contributed by atoms with Crippen LogP contribution in [0.4, 0.5) is 0 Å². The number of nitriles is 1. The van der Waals surface area contributed by atoms with E-state index in [1.165, 1.54) is 12.8 Å². The van der Waals surface area contributed by atoms with Crippen LogP contribution in [0.2, 0.25) is 0 Å². The lowest BCUT2D eigenvalue weighted by Crippen LogP contribution is -2.58. The molecule has 4 rings (SSSR count). The molecule has 5 heteroatoms. The summed E-state index contributed by atoms with van der Waals surface area (Å²) in [7, 11) is 0. The second-order valence-corrected chi connectivity index (χ2v) is 9.99. The van der Waals surface area contributed by atoms with E-state index in [1.807, 2.05) is 32.0 Å². The van der Waals surface area contributed by atoms with E-state index in [4.69, 9.17) is 4.74 Å². The summed E-state index contributed by atoms with van der Waals surface area (Å²) in [6.07, 6.45) is 5.28. The van der Waals surface area contributed by atoms with Gasteiger partial charge in [0.25, 0.3) is 0 Å². The first kappa shape index (κ1) is 21.6. The zero-order valence-electron chi connectivity index (χ0n) is 18.6. The first-order chi connectivity index (χ1) is 14.8. The maximum atomic E-state index is 11.4. The normalized spacial score (nSPS) is 27.3. The average molecular weight is 421 g/mol. The average Bonchev–Trinajstić information content (AvgIpc) is 2.74. The molecule has 0 amide bonds. The summed E-state index contributed by atoms with van der Waals surface area (Å²) in [5.74, 6) is 0.430. The second kappa shape index (κ2) is 8.51. The van der Waals surface area contributed by atoms with Gasteiger partial charge in [-0.3, -0.25) is 4.79 Å². The van der Waals surface area contributed by atoms with Crippen LogP contribution < -0.4 is 10.1 Å². The Balaban J connectivity index is 1.50. The van der Waals surface area contributed by atoms with E-state index in [0.29, 0.717) is 24.3 Å². The lowest BCUT2D eigenvalue weighted by molar-refractivity contribution is -0.155. The van der Waals surface area contributed by atoms with Gasteiger partial charge in [-0.1, -0.05) is 39.0 Å². The molecule has 2 aromatic rings. The number of hydrogen-bond donors (Lipinski definition) is 2. The van der Waals surface area contributed by atoms with Gasteiger partial charge >= 0.3 is 5.97 Å². The molecule has 0 radical (unpaired) electrons. The fourth-order valence-corrected chi connectivity index (χ4v) is 5.13. The van der Waals surface area contributed by atoms with E-state index in [-0.39, 0.29) is 23.5 Å². The molecule has 0 bridgehead atoms. The fraction of sp³-hybridized carbons (Fsp3) is 0.538. The fourth-order valence-electron chi connectivity index (χ4n) is 5.13. The van der Waals surface area contributed by atoms with Gasteiger partial charge in [0.15, 0.2) is 0 Å². The zero-order chi connectivity index (χ0) is 22.2. The minimum atomic E-state index is -0.715. The molecule has 2 aliphatic carbocycles. The van der Waals surface area contributed by atoms with Crippen molar-refractivity contribution in [2.24, 2.45) is 17.3 Å². The summed E-state index contributed by atoms with van der Waals surface area (Å²) in [5, 5.41) is 24.7. The Hall–Kier alpha value is -2.58. The first-order valence-electron chi connectivity index (χ1n) is 11.4. The quantitative estimate of drug-likeness (QED) is 0.666. The molecule has 164 valence electrons. The Morgan fingerprint density at radius 2 is 1.94 bits per heavy atom. The molecule has 0 heterocycles. The number of rotatable bonds is 6. The van der Waals surface area contributed by atoms with E-state index < -0.39 is 5.97 Å². The zero-order valence-corrected chi connectivity index (χ0v) is 18.6. The summed E-state index contributed by atoms with van der Waals surface area (Å²) >= 11 is 0. The molecule has 31 heavy (non-hydrogen) atoms. The third-order valence-corrected chi connectivity index (χ3v) is 7.53. The van der Waals surface area contributed by atoms with Gasteiger partial charge in [-0.25, -0.2) is 0 Å². The topological polar surface area (TPSA) is 82.3 Å². The highest BCUT2D eigenvalue weighted by molar-refractivity contribution is 5.90. The van der Waals surface area contributed by atoms with Crippen LogP contribution in [-0.2, 0) is 11.3 Å². The Morgan fingerprint density at radius 1 is 1.23 bits per heavy atom. The van der Waals surface area contributed by atoms with Crippen molar-refractivity contribution in [3.8, 4) is 11.8 Å². The standard InChI is InChI=1S/C26H32N2O3/c1-16-4-9-19(10-5-16)31-23-11-8-18-7-6-17(12-20(18)21(23)14-27)15-28-24-13-22(25(29)30)26(24,2)3/h6-8,11-12,16,19,22,24,28H,4-5,9-10,13,15H2,1-3H3,(H,29,30)/t16?,19?,22-,24-/m0/s1. The molecule has 0 spiro atoms. The highest BCUT2D eigenvalue weighted by atomic mass is 16.5. The number of nitrogens with zero attached hydrogens (tertiary/aromatic N) is 1. The molecule has 2 N–H and O–H groups in total. The van der Waals surface area contributed by atoms with E-state index in [1.54, 1.807) is 0 Å². The number of ether oxygens (including phenoxy) is 1. The summed E-state index contributed by atoms with van der Waals surface area (Å²) < 4.78 is 6.27. The molecular formula is C26H32N2O3. The van der Waals surface area contributed by atoms with Crippen LogP contribution in [0.25, 0.3) is 10.8 Å². The predicted molar refractivity (Wildman–Crippen MR) is 121 cm³/mol. The van der Waals surface area contributed by atoms with Crippen LogP contribution in [0.15, 0.2) is 30.3 Å². The van der Waals surface area contributed by atoms with Crippen LogP contribution >= 0.6 is 0 Å². The van der Waals surface area contributed by atoms with Gasteiger partial charge in [0, 0.05) is 18.0 Å². The Bertz CT molecular complexity index is 1020. The van der Waals surface area contributed by atoms with Crippen LogP contribution in [-0.4, -0.2) is 23.2 Å². The molecule has 2 fully saturated rings. The first-order valence-corrected chi connectivity index (χ1v) is 11.4. The minimum absolute atomic E-state index is 0.170. The van der Waals surface area contributed by atoms with E-state index in [2.05, 4.69) is 30.4 Å². The third kappa shape index (κ3) is 4.27. The molecule has 0 aromatic heterocycles. The largest absolute Gasteiger partial charge is 0.489 e. The van der Waals surface area contributed by atoms with Crippen molar-refractivity contribution in [1.29, 1.82) is 5.26 Å². The Labute approximate surface area is 184 Å². The number of carboxylic acids is 1. The number of benzene rings is 2. The smallest absolute Gasteiger partial charge is 0.307 e. The van der Waals surface area contributed by atoms with Crippen molar-refractivity contribution >= 4 is 16.7 Å². The van der Waals surface area contributed by atoms with Crippen LogP contribution in [0.1, 0.15) is 64.0 Å². The van der Waals surface area contributed by atoms with Crippen molar-refractivity contribution in [2.75, 3.05) is 0 Å². The summed E-state index contributed by atoms with van der Waals surface area (Å²) in [4.78, 5) is 11.4. The second-order valence-electron chi connectivity index (χ2n) is 9.99. The number of carboxylic acid groups (broad SMARTS) is 1. The van der Waals surface area contributed by atoms with Gasteiger partial charge in [0.2, 0.25) is 0 Å². The van der Waals surface area contributed by atoms with E-state index >= 15 is 0 Å². The van der Waals surface area contributed by atoms with E-state index in [0.717, 1.165) is 35.1 Å². The number of hydrogen-bond acceptors (Lipinski definition) is 4. The van der Waals surface area contributed by atoms with Gasteiger partial charge < -0.3 is 15.2 Å². The van der Waals surface area contributed by atoms with Crippen LogP contribution in [0.3, 0.4) is 0 Å². The maximum Gasteiger partial charge on any atom is 0.307 e.